The summed E-state index contributed by atoms with van der Waals surface area (Å²) in [6.07, 6.45) is 0.405. The molecule has 0 saturated heterocycles. The molecule has 0 aliphatic rings. The predicted molar refractivity (Wildman–Crippen MR) is 72.5 cm³/mol. The molecular formula is C14H20ClNO. The zero-order valence-electron chi connectivity index (χ0n) is 11.0. The van der Waals surface area contributed by atoms with Crippen molar-refractivity contribution in [2.45, 2.75) is 33.7 Å². The van der Waals surface area contributed by atoms with Gasteiger partial charge in [0.05, 0.1) is 0 Å². The Morgan fingerprint density at radius 3 is 2.47 bits per heavy atom. The fourth-order valence-electron chi connectivity index (χ4n) is 1.80. The lowest BCUT2D eigenvalue weighted by Gasteiger charge is -2.19. The Hall–Kier alpha value is -1.02. The number of rotatable bonds is 4. The maximum atomic E-state index is 11.7. The van der Waals surface area contributed by atoms with E-state index in [0.29, 0.717) is 18.8 Å². The van der Waals surface area contributed by atoms with E-state index < -0.39 is 0 Å². The number of alkyl halides is 1. The minimum Gasteiger partial charge on any atom is -0.341 e. The number of hydrogen-bond donors (Lipinski definition) is 0. The number of benzene rings is 1. The number of aryl methyl sites for hydroxylation is 1. The summed E-state index contributed by atoms with van der Waals surface area (Å²) in [4.78, 5) is 13.4. The lowest BCUT2D eigenvalue weighted by Crippen LogP contribution is -2.26. The molecule has 0 atom stereocenters. The first-order valence-electron chi connectivity index (χ1n) is 5.83. The van der Waals surface area contributed by atoms with Crippen LogP contribution < -0.4 is 0 Å². The van der Waals surface area contributed by atoms with E-state index in [-0.39, 0.29) is 5.91 Å². The van der Waals surface area contributed by atoms with Crippen LogP contribution in [0.2, 0.25) is 0 Å². The fraction of sp³-hybridized carbons (Fsp3) is 0.500. The normalized spacial score (nSPS) is 10.4. The van der Waals surface area contributed by atoms with Crippen LogP contribution in [0.4, 0.5) is 0 Å². The molecular weight excluding hydrogens is 234 g/mol. The Kier molecular flexibility index (Phi) is 5.01. The van der Waals surface area contributed by atoms with Crippen molar-refractivity contribution in [3.63, 3.8) is 0 Å². The molecule has 0 N–H and O–H groups in total. The van der Waals surface area contributed by atoms with Crippen LogP contribution in [0.5, 0.6) is 0 Å². The second kappa shape index (κ2) is 6.06. The Balaban J connectivity index is 2.82. The van der Waals surface area contributed by atoms with Crippen molar-refractivity contribution >= 4 is 17.5 Å². The lowest BCUT2D eigenvalue weighted by atomic mass is 9.98. The van der Waals surface area contributed by atoms with Crippen LogP contribution in [0.1, 0.15) is 28.7 Å². The second-order valence-electron chi connectivity index (χ2n) is 4.48. The molecule has 0 spiro atoms. The first-order chi connectivity index (χ1) is 7.97. The van der Waals surface area contributed by atoms with Gasteiger partial charge in [-0.1, -0.05) is 12.1 Å². The van der Waals surface area contributed by atoms with Crippen molar-refractivity contribution < 1.29 is 4.79 Å². The number of carbonyl (C=O) groups is 1. The molecule has 0 aliphatic heterocycles. The van der Waals surface area contributed by atoms with Crippen molar-refractivity contribution in [3.8, 4) is 0 Å². The molecule has 0 heterocycles. The largest absolute Gasteiger partial charge is 0.341 e. The molecule has 0 fully saturated rings. The molecule has 94 valence electrons. The maximum Gasteiger partial charge on any atom is 0.223 e. The molecule has 2 nitrogen and oxygen atoms in total. The first kappa shape index (κ1) is 14.0. The fourth-order valence-corrected chi connectivity index (χ4v) is 1.96. The summed E-state index contributed by atoms with van der Waals surface area (Å²) in [7, 11) is 1.82. The summed E-state index contributed by atoms with van der Waals surface area (Å²) in [6, 6.07) is 4.21. The van der Waals surface area contributed by atoms with E-state index in [9.17, 15) is 4.79 Å². The van der Waals surface area contributed by atoms with E-state index >= 15 is 0 Å². The Morgan fingerprint density at radius 2 is 1.88 bits per heavy atom. The zero-order chi connectivity index (χ0) is 13.0. The van der Waals surface area contributed by atoms with Gasteiger partial charge in [-0.3, -0.25) is 4.79 Å². The van der Waals surface area contributed by atoms with Crippen LogP contribution in [0.15, 0.2) is 12.1 Å². The van der Waals surface area contributed by atoms with Crippen LogP contribution in [0, 0.1) is 20.8 Å². The van der Waals surface area contributed by atoms with Gasteiger partial charge in [0.25, 0.3) is 0 Å². The van der Waals surface area contributed by atoms with E-state index in [0.717, 1.165) is 0 Å². The topological polar surface area (TPSA) is 20.3 Å². The van der Waals surface area contributed by atoms with Gasteiger partial charge in [0, 0.05) is 25.9 Å². The molecule has 0 radical (unpaired) electrons. The Bertz CT molecular complexity index is 415. The summed E-state index contributed by atoms with van der Waals surface area (Å²) in [5, 5.41) is 0. The van der Waals surface area contributed by atoms with Crippen LogP contribution in [0.25, 0.3) is 0 Å². The molecule has 17 heavy (non-hydrogen) atoms. The Morgan fingerprint density at radius 1 is 1.24 bits per heavy atom. The van der Waals surface area contributed by atoms with Crippen molar-refractivity contribution in [2.75, 3.05) is 12.9 Å². The number of halogens is 1. The molecule has 0 unspecified atom stereocenters. The van der Waals surface area contributed by atoms with Crippen LogP contribution in [0.3, 0.4) is 0 Å². The Labute approximate surface area is 109 Å². The third kappa shape index (κ3) is 3.47. The van der Waals surface area contributed by atoms with Crippen LogP contribution >= 0.6 is 11.6 Å². The summed E-state index contributed by atoms with van der Waals surface area (Å²) in [6.45, 7) is 6.99. The molecule has 0 aliphatic carbocycles. The molecule has 1 aromatic rings. The summed E-state index contributed by atoms with van der Waals surface area (Å²) < 4.78 is 0. The molecule has 1 amide bonds. The molecule has 1 aromatic carbocycles. The molecule has 1 rings (SSSR count). The van der Waals surface area contributed by atoms with Crippen LogP contribution in [-0.2, 0) is 11.3 Å². The number of amides is 1. The highest BCUT2D eigenvalue weighted by Crippen LogP contribution is 2.18. The van der Waals surface area contributed by atoms with Crippen molar-refractivity contribution in [3.05, 3.63) is 34.4 Å². The summed E-state index contributed by atoms with van der Waals surface area (Å²) >= 11 is 5.57. The van der Waals surface area contributed by atoms with Gasteiger partial charge in [0.15, 0.2) is 0 Å². The third-order valence-electron chi connectivity index (χ3n) is 3.31. The first-order valence-corrected chi connectivity index (χ1v) is 6.36. The number of carbonyl (C=O) groups excluding carboxylic acids is 1. The second-order valence-corrected chi connectivity index (χ2v) is 4.86. The van der Waals surface area contributed by atoms with Crippen molar-refractivity contribution in [1.29, 1.82) is 0 Å². The molecule has 0 bridgehead atoms. The summed E-state index contributed by atoms with van der Waals surface area (Å²) in [5.41, 5.74) is 5.08. The minimum atomic E-state index is 0.0950. The average molecular weight is 254 g/mol. The van der Waals surface area contributed by atoms with Gasteiger partial charge in [-0.2, -0.15) is 0 Å². The van der Waals surface area contributed by atoms with Gasteiger partial charge < -0.3 is 4.90 Å². The average Bonchev–Trinajstić information content (AvgIpc) is 2.30. The predicted octanol–water partition coefficient (Wildman–Crippen LogP) is 3.20. The highest BCUT2D eigenvalue weighted by molar-refractivity contribution is 6.18. The van der Waals surface area contributed by atoms with E-state index in [1.807, 2.05) is 7.05 Å². The van der Waals surface area contributed by atoms with Crippen LogP contribution in [-0.4, -0.2) is 23.7 Å². The standard InChI is InChI=1S/C14H20ClNO/c1-10-5-6-13(12(3)11(10)2)9-16(4)14(17)7-8-15/h5-6H,7-9H2,1-4H3. The SMILES string of the molecule is Cc1ccc(CN(C)C(=O)CCCl)c(C)c1C. The number of nitrogens with zero attached hydrogens (tertiary/aromatic N) is 1. The van der Waals surface area contributed by atoms with E-state index in [1.54, 1.807) is 4.90 Å². The summed E-state index contributed by atoms with van der Waals surface area (Å²) in [5.74, 6) is 0.479. The highest BCUT2D eigenvalue weighted by atomic mass is 35.5. The smallest absolute Gasteiger partial charge is 0.223 e. The highest BCUT2D eigenvalue weighted by Gasteiger charge is 2.11. The van der Waals surface area contributed by atoms with E-state index in [2.05, 4.69) is 32.9 Å². The van der Waals surface area contributed by atoms with Gasteiger partial charge >= 0.3 is 0 Å². The maximum absolute atomic E-state index is 11.7. The molecule has 3 heteroatoms. The van der Waals surface area contributed by atoms with Crippen molar-refractivity contribution in [1.82, 2.24) is 4.90 Å². The molecule has 0 aromatic heterocycles. The van der Waals surface area contributed by atoms with Gasteiger partial charge in [0.2, 0.25) is 5.91 Å². The number of hydrogen-bond acceptors (Lipinski definition) is 1. The third-order valence-corrected chi connectivity index (χ3v) is 3.50. The van der Waals surface area contributed by atoms with E-state index in [4.69, 9.17) is 11.6 Å². The van der Waals surface area contributed by atoms with E-state index in [1.165, 1.54) is 22.3 Å². The molecule has 0 saturated carbocycles. The zero-order valence-corrected chi connectivity index (χ0v) is 11.8. The van der Waals surface area contributed by atoms with Crippen molar-refractivity contribution in [2.24, 2.45) is 0 Å². The lowest BCUT2D eigenvalue weighted by molar-refractivity contribution is -0.129. The van der Waals surface area contributed by atoms with Gasteiger partial charge in [-0.15, -0.1) is 11.6 Å². The monoisotopic (exact) mass is 253 g/mol. The van der Waals surface area contributed by atoms with Gasteiger partial charge in [0.1, 0.15) is 0 Å². The van der Waals surface area contributed by atoms with Gasteiger partial charge in [-0.25, -0.2) is 0 Å². The quantitative estimate of drug-likeness (QED) is 0.755. The van der Waals surface area contributed by atoms with Gasteiger partial charge in [-0.05, 0) is 43.0 Å². The minimum absolute atomic E-state index is 0.0950.